The van der Waals surface area contributed by atoms with Crippen LogP contribution in [0.4, 0.5) is 0 Å². The number of thioether (sulfide) groups is 1. The van der Waals surface area contributed by atoms with Gasteiger partial charge in [-0.25, -0.2) is 4.79 Å². The van der Waals surface area contributed by atoms with Gasteiger partial charge in [-0.1, -0.05) is 17.8 Å². The lowest BCUT2D eigenvalue weighted by Gasteiger charge is -2.15. The second kappa shape index (κ2) is 7.56. The summed E-state index contributed by atoms with van der Waals surface area (Å²) in [5.41, 5.74) is 0. The van der Waals surface area contributed by atoms with Crippen LogP contribution in [0.5, 0.6) is 0 Å². The molecule has 0 saturated heterocycles. The molecule has 1 amide bonds. The normalized spacial score (nSPS) is 13.6. The monoisotopic (exact) mass is 319 g/mol. The Morgan fingerprint density at radius 3 is 2.68 bits per heavy atom. The Morgan fingerprint density at radius 2 is 2.21 bits per heavy atom. The van der Waals surface area contributed by atoms with Gasteiger partial charge in [0.2, 0.25) is 11.0 Å². The molecule has 2 N–H and O–H groups in total. The summed E-state index contributed by atoms with van der Waals surface area (Å²) in [5.74, 6) is -1.64. The van der Waals surface area contributed by atoms with Crippen molar-refractivity contribution < 1.29 is 19.5 Å². The highest BCUT2D eigenvalue weighted by Gasteiger charge is 2.24. The molecular weight excluding hydrogens is 306 g/mol. The Balaban J connectivity index is 2.53. The molecule has 0 bridgehead atoms. The summed E-state index contributed by atoms with van der Waals surface area (Å²) in [6.07, 6.45) is 0. The Kier molecular flexibility index (Phi) is 6.40. The molecule has 19 heavy (non-hydrogen) atoms. The predicted molar refractivity (Wildman–Crippen MR) is 79.1 cm³/mol. The van der Waals surface area contributed by atoms with Crippen molar-refractivity contribution in [3.05, 3.63) is 22.4 Å². The maximum atomic E-state index is 11.8. The van der Waals surface area contributed by atoms with Crippen molar-refractivity contribution in [2.45, 2.75) is 18.2 Å². The van der Waals surface area contributed by atoms with Gasteiger partial charge in [0.1, 0.15) is 6.04 Å². The van der Waals surface area contributed by atoms with Crippen molar-refractivity contribution in [1.82, 2.24) is 5.32 Å². The maximum Gasteiger partial charge on any atom is 0.327 e. The average molecular weight is 319 g/mol. The standard InChI is InChI=1S/C11H13NO4S3/c1-6(9(13)12-7(5-17)10(14)15)19-11(16)8-3-2-4-18-8/h2-4,6-7,17H,5H2,1H3,(H,12,13)(H,14,15). The Bertz CT molecular complexity index is 461. The zero-order valence-corrected chi connectivity index (χ0v) is 12.6. The highest BCUT2D eigenvalue weighted by molar-refractivity contribution is 8.15. The second-order valence-electron chi connectivity index (χ2n) is 3.61. The fraction of sp³-hybridized carbons (Fsp3) is 0.364. The first kappa shape index (κ1) is 16.1. The van der Waals surface area contributed by atoms with Crippen LogP contribution in [0.1, 0.15) is 16.6 Å². The number of carboxylic acid groups (broad SMARTS) is 1. The number of thiophene rings is 1. The summed E-state index contributed by atoms with van der Waals surface area (Å²) in [6, 6.07) is 2.39. The molecule has 0 saturated carbocycles. The molecule has 0 aliphatic heterocycles. The average Bonchev–Trinajstić information content (AvgIpc) is 2.88. The van der Waals surface area contributed by atoms with Gasteiger partial charge in [0.05, 0.1) is 10.1 Å². The van der Waals surface area contributed by atoms with E-state index >= 15 is 0 Å². The molecule has 1 aromatic heterocycles. The summed E-state index contributed by atoms with van der Waals surface area (Å²) in [6.45, 7) is 1.56. The molecule has 0 aliphatic rings. The van der Waals surface area contributed by atoms with Crippen LogP contribution < -0.4 is 5.32 Å². The number of carbonyl (C=O) groups excluding carboxylic acids is 2. The molecule has 0 aliphatic carbocycles. The maximum absolute atomic E-state index is 11.8. The third-order valence-corrected chi connectivity index (χ3v) is 4.54. The summed E-state index contributed by atoms with van der Waals surface area (Å²) >= 11 is 6.02. The molecule has 1 aromatic rings. The van der Waals surface area contributed by atoms with Gasteiger partial charge in [0, 0.05) is 5.75 Å². The van der Waals surface area contributed by atoms with Gasteiger partial charge in [-0.2, -0.15) is 12.6 Å². The van der Waals surface area contributed by atoms with Crippen molar-refractivity contribution >= 4 is 52.7 Å². The quantitative estimate of drug-likeness (QED) is 0.692. The third kappa shape index (κ3) is 4.88. The van der Waals surface area contributed by atoms with Crippen LogP contribution >= 0.6 is 35.7 Å². The molecule has 8 heteroatoms. The number of rotatable bonds is 6. The van der Waals surface area contributed by atoms with Crippen molar-refractivity contribution in [1.29, 1.82) is 0 Å². The van der Waals surface area contributed by atoms with E-state index in [1.54, 1.807) is 24.4 Å². The van der Waals surface area contributed by atoms with E-state index in [1.165, 1.54) is 11.3 Å². The molecule has 1 rings (SSSR count). The van der Waals surface area contributed by atoms with E-state index in [1.807, 2.05) is 0 Å². The van der Waals surface area contributed by atoms with E-state index in [-0.39, 0.29) is 10.9 Å². The number of hydrogen-bond donors (Lipinski definition) is 3. The first-order chi connectivity index (χ1) is 8.95. The van der Waals surface area contributed by atoms with Crippen molar-refractivity contribution in [3.8, 4) is 0 Å². The molecular formula is C11H13NO4S3. The van der Waals surface area contributed by atoms with Crippen molar-refractivity contribution in [2.75, 3.05) is 5.75 Å². The van der Waals surface area contributed by atoms with Gasteiger partial charge in [-0.3, -0.25) is 9.59 Å². The summed E-state index contributed by atoms with van der Waals surface area (Å²) in [5, 5.41) is 12.1. The lowest BCUT2D eigenvalue weighted by molar-refractivity contribution is -0.140. The van der Waals surface area contributed by atoms with Gasteiger partial charge >= 0.3 is 5.97 Å². The minimum absolute atomic E-state index is 0.00265. The lowest BCUT2D eigenvalue weighted by Crippen LogP contribution is -2.45. The second-order valence-corrected chi connectivity index (χ2v) is 6.23. The number of amides is 1. The fourth-order valence-electron chi connectivity index (χ4n) is 1.14. The molecule has 0 aromatic carbocycles. The fourth-order valence-corrected chi connectivity index (χ4v) is 2.92. The van der Waals surface area contributed by atoms with Gasteiger partial charge in [-0.05, 0) is 18.4 Å². The molecule has 104 valence electrons. The first-order valence-corrected chi connectivity index (χ1v) is 7.73. The van der Waals surface area contributed by atoms with Crippen molar-refractivity contribution in [2.24, 2.45) is 0 Å². The lowest BCUT2D eigenvalue weighted by atomic mass is 10.3. The summed E-state index contributed by atoms with van der Waals surface area (Å²) in [4.78, 5) is 34.8. The van der Waals surface area contributed by atoms with Gasteiger partial charge < -0.3 is 10.4 Å². The minimum atomic E-state index is -1.15. The Hall–Kier alpha value is -0.990. The molecule has 0 spiro atoms. The predicted octanol–water partition coefficient (Wildman–Crippen LogP) is 1.51. The van der Waals surface area contributed by atoms with E-state index in [2.05, 4.69) is 17.9 Å². The van der Waals surface area contributed by atoms with Crippen LogP contribution in [-0.2, 0) is 9.59 Å². The smallest absolute Gasteiger partial charge is 0.327 e. The van der Waals surface area contributed by atoms with Crippen molar-refractivity contribution in [3.63, 3.8) is 0 Å². The zero-order valence-electron chi connectivity index (χ0n) is 10.0. The summed E-state index contributed by atoms with van der Waals surface area (Å²) in [7, 11) is 0. The zero-order chi connectivity index (χ0) is 14.4. The number of nitrogens with one attached hydrogen (secondary N) is 1. The molecule has 5 nitrogen and oxygen atoms in total. The highest BCUT2D eigenvalue weighted by atomic mass is 32.2. The van der Waals surface area contributed by atoms with Crippen LogP contribution in [0.2, 0.25) is 0 Å². The first-order valence-electron chi connectivity index (χ1n) is 5.34. The molecule has 2 unspecified atom stereocenters. The summed E-state index contributed by atoms with van der Waals surface area (Å²) < 4.78 is 0. The van der Waals surface area contributed by atoms with Crippen LogP contribution in [0, 0.1) is 0 Å². The van der Waals surface area contributed by atoms with Gasteiger partial charge in [-0.15, -0.1) is 11.3 Å². The van der Waals surface area contributed by atoms with E-state index in [0.717, 1.165) is 11.8 Å². The van der Waals surface area contributed by atoms with Crippen LogP contribution in [0.15, 0.2) is 17.5 Å². The van der Waals surface area contributed by atoms with E-state index < -0.39 is 23.2 Å². The topological polar surface area (TPSA) is 83.5 Å². The number of hydrogen-bond acceptors (Lipinski definition) is 6. The van der Waals surface area contributed by atoms with E-state index in [4.69, 9.17) is 5.11 Å². The largest absolute Gasteiger partial charge is 0.480 e. The van der Waals surface area contributed by atoms with Gasteiger partial charge in [0.25, 0.3) is 0 Å². The SMILES string of the molecule is CC(SC(=O)c1cccs1)C(=O)NC(CS)C(=O)O. The number of carboxylic acids is 1. The molecule has 1 heterocycles. The number of carbonyl (C=O) groups is 3. The van der Waals surface area contributed by atoms with Crippen LogP contribution in [-0.4, -0.2) is 39.1 Å². The van der Waals surface area contributed by atoms with E-state index in [0.29, 0.717) is 4.88 Å². The Labute approximate surface area is 124 Å². The molecule has 0 fully saturated rings. The van der Waals surface area contributed by atoms with E-state index in [9.17, 15) is 14.4 Å². The molecule has 0 radical (unpaired) electrons. The highest BCUT2D eigenvalue weighted by Crippen LogP contribution is 2.21. The van der Waals surface area contributed by atoms with Crippen LogP contribution in [0.3, 0.4) is 0 Å². The number of thiol groups is 1. The third-order valence-electron chi connectivity index (χ3n) is 2.17. The minimum Gasteiger partial charge on any atom is -0.480 e. The Morgan fingerprint density at radius 1 is 1.53 bits per heavy atom. The number of aliphatic carboxylic acids is 1. The van der Waals surface area contributed by atoms with Gasteiger partial charge in [0.15, 0.2) is 0 Å². The van der Waals surface area contributed by atoms with Crippen LogP contribution in [0.25, 0.3) is 0 Å². The molecule has 2 atom stereocenters.